The molecule has 0 N–H and O–H groups in total. The Morgan fingerprint density at radius 3 is 2.78 bits per heavy atom. The van der Waals surface area contributed by atoms with Crippen molar-refractivity contribution in [3.05, 3.63) is 59.2 Å². The van der Waals surface area contributed by atoms with Crippen LogP contribution in [0.5, 0.6) is 11.5 Å². The molecule has 0 amide bonds. The van der Waals surface area contributed by atoms with E-state index in [2.05, 4.69) is 18.2 Å². The highest BCUT2D eigenvalue weighted by molar-refractivity contribution is 5.38. The molecule has 2 aromatic rings. The third-order valence-electron chi connectivity index (χ3n) is 4.40. The number of nitriles is 1. The van der Waals surface area contributed by atoms with Crippen LogP contribution in [0.3, 0.4) is 0 Å². The van der Waals surface area contributed by atoms with E-state index in [1.165, 1.54) is 24.0 Å². The molecule has 1 aliphatic carbocycles. The van der Waals surface area contributed by atoms with Crippen molar-refractivity contribution in [2.24, 2.45) is 0 Å². The van der Waals surface area contributed by atoms with Gasteiger partial charge in [-0.25, -0.2) is 0 Å². The third-order valence-corrected chi connectivity index (χ3v) is 4.40. The highest BCUT2D eigenvalue weighted by Gasteiger charge is 2.13. The second kappa shape index (κ2) is 7.19. The van der Waals surface area contributed by atoms with Gasteiger partial charge in [-0.15, -0.1) is 0 Å². The van der Waals surface area contributed by atoms with Crippen molar-refractivity contribution in [2.45, 2.75) is 31.6 Å². The Balaban J connectivity index is 1.59. The molecule has 0 fully saturated rings. The van der Waals surface area contributed by atoms with Gasteiger partial charge >= 0.3 is 0 Å². The first kappa shape index (κ1) is 15.4. The number of rotatable bonds is 6. The lowest BCUT2D eigenvalue weighted by Gasteiger charge is -2.12. The Hall–Kier alpha value is -2.47. The predicted molar refractivity (Wildman–Crippen MR) is 89.9 cm³/mol. The van der Waals surface area contributed by atoms with Crippen LogP contribution in [0.2, 0.25) is 0 Å². The van der Waals surface area contributed by atoms with Gasteiger partial charge in [-0.2, -0.15) is 5.26 Å². The molecule has 3 nitrogen and oxygen atoms in total. The number of benzene rings is 2. The zero-order valence-electron chi connectivity index (χ0n) is 13.4. The fraction of sp³-hybridized carbons (Fsp3) is 0.350. The van der Waals surface area contributed by atoms with Crippen LogP contribution in [0.15, 0.2) is 42.5 Å². The fourth-order valence-corrected chi connectivity index (χ4v) is 3.10. The molecule has 0 spiro atoms. The van der Waals surface area contributed by atoms with Crippen molar-refractivity contribution in [2.75, 3.05) is 13.7 Å². The van der Waals surface area contributed by atoms with E-state index >= 15 is 0 Å². The molecule has 0 aliphatic heterocycles. The minimum Gasteiger partial charge on any atom is -0.497 e. The van der Waals surface area contributed by atoms with E-state index in [0.717, 1.165) is 23.5 Å². The zero-order valence-corrected chi connectivity index (χ0v) is 13.4. The summed E-state index contributed by atoms with van der Waals surface area (Å²) >= 11 is 0. The van der Waals surface area contributed by atoms with Crippen LogP contribution in [-0.2, 0) is 12.8 Å². The van der Waals surface area contributed by atoms with Gasteiger partial charge < -0.3 is 9.47 Å². The maximum absolute atomic E-state index is 9.42. The summed E-state index contributed by atoms with van der Waals surface area (Å²) in [7, 11) is 1.64. The Bertz CT molecular complexity index is 718. The summed E-state index contributed by atoms with van der Waals surface area (Å²) in [6, 6.07) is 16.4. The largest absolute Gasteiger partial charge is 0.497 e. The lowest BCUT2D eigenvalue weighted by atomic mass is 9.97. The number of methoxy groups -OCH3 is 1. The van der Waals surface area contributed by atoms with Crippen molar-refractivity contribution < 1.29 is 9.47 Å². The summed E-state index contributed by atoms with van der Waals surface area (Å²) in [5, 5.41) is 9.42. The molecule has 1 atom stereocenters. The van der Waals surface area contributed by atoms with E-state index in [1.54, 1.807) is 7.11 Å². The monoisotopic (exact) mass is 307 g/mol. The lowest BCUT2D eigenvalue weighted by molar-refractivity contribution is 0.305. The van der Waals surface area contributed by atoms with Crippen molar-refractivity contribution in [1.29, 1.82) is 5.26 Å². The maximum atomic E-state index is 9.42. The summed E-state index contributed by atoms with van der Waals surface area (Å²) in [6.45, 7) is 0.536. The van der Waals surface area contributed by atoms with Gasteiger partial charge in [0.05, 0.1) is 25.7 Å². The van der Waals surface area contributed by atoms with Gasteiger partial charge in [0.15, 0.2) is 0 Å². The van der Waals surface area contributed by atoms with Gasteiger partial charge in [-0.05, 0) is 60.2 Å². The van der Waals surface area contributed by atoms with Crippen molar-refractivity contribution in [1.82, 2.24) is 0 Å². The summed E-state index contributed by atoms with van der Waals surface area (Å²) in [5.41, 5.74) is 3.83. The molecule has 3 heteroatoms. The summed E-state index contributed by atoms with van der Waals surface area (Å²) in [6.07, 6.45) is 4.24. The molecule has 0 bridgehead atoms. The SMILES string of the molecule is COc1cccc(C(C#N)CCOc2ccc3c(c2)CCC3)c1. The summed E-state index contributed by atoms with van der Waals surface area (Å²) in [4.78, 5) is 0. The van der Waals surface area contributed by atoms with Crippen LogP contribution in [0.4, 0.5) is 0 Å². The second-order valence-corrected chi connectivity index (χ2v) is 5.88. The number of hydrogen-bond acceptors (Lipinski definition) is 3. The molecule has 0 saturated carbocycles. The lowest BCUT2D eigenvalue weighted by Crippen LogP contribution is -2.05. The van der Waals surface area contributed by atoms with Crippen LogP contribution in [0.25, 0.3) is 0 Å². The van der Waals surface area contributed by atoms with Crippen molar-refractivity contribution in [3.63, 3.8) is 0 Å². The van der Waals surface area contributed by atoms with E-state index in [-0.39, 0.29) is 5.92 Å². The molecule has 23 heavy (non-hydrogen) atoms. The summed E-state index contributed by atoms with van der Waals surface area (Å²) < 4.78 is 11.1. The smallest absolute Gasteiger partial charge is 0.119 e. The summed E-state index contributed by atoms with van der Waals surface area (Å²) in [5.74, 6) is 1.51. The number of aryl methyl sites for hydroxylation is 2. The highest BCUT2D eigenvalue weighted by Crippen LogP contribution is 2.27. The van der Waals surface area contributed by atoms with Crippen LogP contribution < -0.4 is 9.47 Å². The van der Waals surface area contributed by atoms with Gasteiger partial charge in [0.1, 0.15) is 11.5 Å². The molecule has 0 radical (unpaired) electrons. The van der Waals surface area contributed by atoms with Crippen molar-refractivity contribution >= 4 is 0 Å². The average Bonchev–Trinajstić information content (AvgIpc) is 3.06. The van der Waals surface area contributed by atoms with Crippen LogP contribution >= 0.6 is 0 Å². The van der Waals surface area contributed by atoms with Crippen LogP contribution in [0.1, 0.15) is 35.4 Å². The van der Waals surface area contributed by atoms with E-state index < -0.39 is 0 Å². The number of fused-ring (bicyclic) bond motifs is 1. The first-order chi connectivity index (χ1) is 11.3. The van der Waals surface area contributed by atoms with Gasteiger partial charge in [-0.3, -0.25) is 0 Å². The van der Waals surface area contributed by atoms with E-state index in [1.807, 2.05) is 30.3 Å². The fourth-order valence-electron chi connectivity index (χ4n) is 3.10. The number of nitrogens with zero attached hydrogens (tertiary/aromatic N) is 1. The molecule has 0 aromatic heterocycles. The molecule has 3 rings (SSSR count). The second-order valence-electron chi connectivity index (χ2n) is 5.88. The molecule has 118 valence electrons. The van der Waals surface area contributed by atoms with E-state index in [9.17, 15) is 5.26 Å². The maximum Gasteiger partial charge on any atom is 0.119 e. The Morgan fingerprint density at radius 1 is 1.09 bits per heavy atom. The van der Waals surface area contributed by atoms with Gasteiger partial charge in [0.2, 0.25) is 0 Å². The first-order valence-electron chi connectivity index (χ1n) is 8.08. The Labute approximate surface area is 137 Å². The number of hydrogen-bond donors (Lipinski definition) is 0. The molecule has 1 unspecified atom stereocenters. The minimum absolute atomic E-state index is 0.181. The molecular weight excluding hydrogens is 286 g/mol. The number of ether oxygens (including phenoxy) is 2. The van der Waals surface area contributed by atoms with Gasteiger partial charge in [-0.1, -0.05) is 18.2 Å². The van der Waals surface area contributed by atoms with E-state index in [0.29, 0.717) is 13.0 Å². The molecule has 0 heterocycles. The normalized spacial score (nSPS) is 13.9. The van der Waals surface area contributed by atoms with Gasteiger partial charge in [0.25, 0.3) is 0 Å². The van der Waals surface area contributed by atoms with Crippen molar-refractivity contribution in [3.8, 4) is 17.6 Å². The third kappa shape index (κ3) is 3.65. The Morgan fingerprint density at radius 2 is 1.96 bits per heavy atom. The van der Waals surface area contributed by atoms with Crippen LogP contribution in [-0.4, -0.2) is 13.7 Å². The van der Waals surface area contributed by atoms with Crippen LogP contribution in [0, 0.1) is 11.3 Å². The van der Waals surface area contributed by atoms with Gasteiger partial charge in [0, 0.05) is 6.42 Å². The highest BCUT2D eigenvalue weighted by atomic mass is 16.5. The topological polar surface area (TPSA) is 42.2 Å². The zero-order chi connectivity index (χ0) is 16.1. The molecule has 2 aromatic carbocycles. The van der Waals surface area contributed by atoms with E-state index in [4.69, 9.17) is 9.47 Å². The molecule has 0 saturated heterocycles. The average molecular weight is 307 g/mol. The standard InChI is InChI=1S/C20H21NO2/c1-22-19-7-3-6-17(12-19)18(14-21)10-11-23-20-9-8-15-4-2-5-16(15)13-20/h3,6-9,12-13,18H,2,4-5,10-11H2,1H3. The Kier molecular flexibility index (Phi) is 4.83. The predicted octanol–water partition coefficient (Wildman–Crippen LogP) is 4.26. The first-order valence-corrected chi connectivity index (χ1v) is 8.08. The minimum atomic E-state index is -0.181. The molecular formula is C20H21NO2. The molecule has 1 aliphatic rings. The quantitative estimate of drug-likeness (QED) is 0.800.